The van der Waals surface area contributed by atoms with Gasteiger partial charge in [-0.05, 0) is 29.2 Å². The molecule has 1 atom stereocenters. The van der Waals surface area contributed by atoms with Crippen LogP contribution in [-0.2, 0) is 17.9 Å². The second-order valence-corrected chi connectivity index (χ2v) is 6.38. The van der Waals surface area contributed by atoms with Gasteiger partial charge in [-0.15, -0.1) is 0 Å². The molecule has 0 saturated heterocycles. The SMILES string of the molecule is Fc1ccc(CO[C@@H](Cn2ccnc2)c2snc(Cl)c2Cl)cc1. The Morgan fingerprint density at radius 2 is 2.04 bits per heavy atom. The molecule has 0 saturated carbocycles. The molecule has 120 valence electrons. The van der Waals surface area contributed by atoms with Gasteiger partial charge in [-0.3, -0.25) is 0 Å². The summed E-state index contributed by atoms with van der Waals surface area (Å²) in [6.07, 6.45) is 4.90. The number of hydrogen-bond acceptors (Lipinski definition) is 4. The highest BCUT2D eigenvalue weighted by Gasteiger charge is 2.21. The molecule has 0 unspecified atom stereocenters. The monoisotopic (exact) mass is 371 g/mol. The Hall–Kier alpha value is -1.47. The van der Waals surface area contributed by atoms with Crippen LogP contribution in [0.1, 0.15) is 16.5 Å². The molecule has 1 aromatic carbocycles. The van der Waals surface area contributed by atoms with Crippen LogP contribution in [0.15, 0.2) is 43.0 Å². The van der Waals surface area contributed by atoms with Gasteiger partial charge in [0.05, 0.1) is 29.4 Å². The Morgan fingerprint density at radius 1 is 1.26 bits per heavy atom. The number of imidazole rings is 1. The zero-order chi connectivity index (χ0) is 16.2. The predicted molar refractivity (Wildman–Crippen MR) is 88.3 cm³/mol. The quantitative estimate of drug-likeness (QED) is 0.627. The van der Waals surface area contributed by atoms with Crippen molar-refractivity contribution in [3.05, 3.63) is 69.4 Å². The van der Waals surface area contributed by atoms with E-state index in [1.807, 2.05) is 10.8 Å². The Kier molecular flexibility index (Phi) is 5.27. The molecule has 3 rings (SSSR count). The summed E-state index contributed by atoms with van der Waals surface area (Å²) in [5.74, 6) is -0.277. The maximum atomic E-state index is 13.0. The molecule has 2 aromatic heterocycles. The summed E-state index contributed by atoms with van der Waals surface area (Å²) in [5, 5.41) is 0.675. The van der Waals surface area contributed by atoms with E-state index in [4.69, 9.17) is 27.9 Å². The second kappa shape index (κ2) is 7.40. The molecule has 3 aromatic rings. The predicted octanol–water partition coefficient (Wildman–Crippen LogP) is 4.74. The van der Waals surface area contributed by atoms with E-state index in [-0.39, 0.29) is 17.1 Å². The van der Waals surface area contributed by atoms with Crippen molar-refractivity contribution in [3.8, 4) is 0 Å². The topological polar surface area (TPSA) is 39.9 Å². The van der Waals surface area contributed by atoms with E-state index in [9.17, 15) is 4.39 Å². The molecule has 0 spiro atoms. The minimum atomic E-state index is -0.327. The van der Waals surface area contributed by atoms with Crippen LogP contribution in [0.25, 0.3) is 0 Å². The van der Waals surface area contributed by atoms with Crippen LogP contribution < -0.4 is 0 Å². The lowest BCUT2D eigenvalue weighted by molar-refractivity contribution is 0.0303. The van der Waals surface area contributed by atoms with E-state index in [0.717, 1.165) is 10.4 Å². The van der Waals surface area contributed by atoms with Gasteiger partial charge < -0.3 is 9.30 Å². The van der Waals surface area contributed by atoms with Gasteiger partial charge in [0.1, 0.15) is 11.9 Å². The number of benzene rings is 1. The van der Waals surface area contributed by atoms with Gasteiger partial charge in [0.2, 0.25) is 0 Å². The van der Waals surface area contributed by atoms with E-state index in [2.05, 4.69) is 9.36 Å². The highest BCUT2D eigenvalue weighted by molar-refractivity contribution is 7.07. The molecule has 0 aliphatic heterocycles. The van der Waals surface area contributed by atoms with E-state index >= 15 is 0 Å². The fourth-order valence-electron chi connectivity index (χ4n) is 2.05. The summed E-state index contributed by atoms with van der Waals surface area (Å²) in [6.45, 7) is 0.852. The Labute approximate surface area is 146 Å². The molecule has 23 heavy (non-hydrogen) atoms. The van der Waals surface area contributed by atoms with Gasteiger partial charge >= 0.3 is 0 Å². The molecule has 4 nitrogen and oxygen atoms in total. The van der Waals surface area contributed by atoms with Crippen molar-refractivity contribution >= 4 is 34.7 Å². The maximum absolute atomic E-state index is 13.0. The average molecular weight is 372 g/mol. The molecule has 0 N–H and O–H groups in total. The Balaban J connectivity index is 1.77. The van der Waals surface area contributed by atoms with Crippen molar-refractivity contribution in [1.82, 2.24) is 13.9 Å². The van der Waals surface area contributed by atoms with Gasteiger partial charge in [-0.25, -0.2) is 9.37 Å². The summed E-state index contributed by atoms with van der Waals surface area (Å²) in [7, 11) is 0. The smallest absolute Gasteiger partial charge is 0.161 e. The second-order valence-electron chi connectivity index (χ2n) is 4.84. The van der Waals surface area contributed by atoms with Gasteiger partial charge in [0.25, 0.3) is 0 Å². The number of ether oxygens (including phenoxy) is 1. The fourth-order valence-corrected chi connectivity index (χ4v) is 3.33. The molecule has 0 aliphatic rings. The largest absolute Gasteiger partial charge is 0.366 e. The van der Waals surface area contributed by atoms with Gasteiger partial charge in [-0.2, -0.15) is 4.37 Å². The van der Waals surface area contributed by atoms with Crippen molar-refractivity contribution in [1.29, 1.82) is 0 Å². The van der Waals surface area contributed by atoms with Crippen molar-refractivity contribution in [2.75, 3.05) is 0 Å². The number of hydrogen-bond donors (Lipinski definition) is 0. The minimum Gasteiger partial charge on any atom is -0.366 e. The van der Waals surface area contributed by atoms with E-state index < -0.39 is 0 Å². The molecule has 0 amide bonds. The number of aromatic nitrogens is 3. The summed E-state index contributed by atoms with van der Waals surface area (Å²) >= 11 is 13.4. The number of nitrogens with zero attached hydrogens (tertiary/aromatic N) is 3. The van der Waals surface area contributed by atoms with Crippen molar-refractivity contribution < 1.29 is 9.13 Å². The molecule has 8 heteroatoms. The highest BCUT2D eigenvalue weighted by Crippen LogP contribution is 2.36. The van der Waals surface area contributed by atoms with Gasteiger partial charge in [0, 0.05) is 12.4 Å². The first-order valence-corrected chi connectivity index (χ1v) is 8.29. The Bertz CT molecular complexity index is 762. The van der Waals surface area contributed by atoms with Crippen LogP contribution >= 0.6 is 34.7 Å². The van der Waals surface area contributed by atoms with Crippen LogP contribution in [0.3, 0.4) is 0 Å². The van der Waals surface area contributed by atoms with Gasteiger partial charge in [-0.1, -0.05) is 35.3 Å². The Morgan fingerprint density at radius 3 is 2.65 bits per heavy atom. The fraction of sp³-hybridized carbons (Fsp3) is 0.200. The van der Waals surface area contributed by atoms with Crippen molar-refractivity contribution in [2.24, 2.45) is 0 Å². The lowest BCUT2D eigenvalue weighted by Crippen LogP contribution is -2.11. The highest BCUT2D eigenvalue weighted by atomic mass is 35.5. The first-order valence-electron chi connectivity index (χ1n) is 6.76. The first kappa shape index (κ1) is 16.4. The molecule has 0 fully saturated rings. The summed E-state index contributed by atoms with van der Waals surface area (Å²) in [4.78, 5) is 4.78. The average Bonchev–Trinajstić information content (AvgIpc) is 3.17. The van der Waals surface area contributed by atoms with Crippen LogP contribution in [0.5, 0.6) is 0 Å². The zero-order valence-corrected chi connectivity index (χ0v) is 14.2. The maximum Gasteiger partial charge on any atom is 0.161 e. The number of halogens is 3. The lowest BCUT2D eigenvalue weighted by Gasteiger charge is -2.17. The van der Waals surface area contributed by atoms with Crippen LogP contribution in [-0.4, -0.2) is 13.9 Å². The molecular weight excluding hydrogens is 360 g/mol. The zero-order valence-electron chi connectivity index (χ0n) is 11.8. The third-order valence-electron chi connectivity index (χ3n) is 3.21. The lowest BCUT2D eigenvalue weighted by atomic mass is 10.2. The molecule has 0 radical (unpaired) electrons. The molecular formula is C15H12Cl2FN3OS. The molecule has 2 heterocycles. The van der Waals surface area contributed by atoms with Crippen LogP contribution in [0, 0.1) is 5.82 Å². The van der Waals surface area contributed by atoms with Crippen LogP contribution in [0.4, 0.5) is 4.39 Å². The summed E-state index contributed by atoms with van der Waals surface area (Å²) in [6, 6.07) is 6.18. The summed E-state index contributed by atoms with van der Waals surface area (Å²) in [5.41, 5.74) is 0.869. The molecule has 0 aliphatic carbocycles. The van der Waals surface area contributed by atoms with E-state index in [1.165, 1.54) is 23.7 Å². The first-order chi connectivity index (χ1) is 11.1. The minimum absolute atomic E-state index is 0.271. The van der Waals surface area contributed by atoms with E-state index in [1.54, 1.807) is 24.7 Å². The third-order valence-corrected chi connectivity index (χ3v) is 5.12. The van der Waals surface area contributed by atoms with Crippen molar-refractivity contribution in [3.63, 3.8) is 0 Å². The number of rotatable bonds is 6. The van der Waals surface area contributed by atoms with Gasteiger partial charge in [0.15, 0.2) is 5.15 Å². The molecule has 0 bridgehead atoms. The normalized spacial score (nSPS) is 12.5. The summed E-state index contributed by atoms with van der Waals surface area (Å²) < 4.78 is 24.9. The van der Waals surface area contributed by atoms with Crippen LogP contribution in [0.2, 0.25) is 10.2 Å². The third kappa shape index (κ3) is 4.09. The van der Waals surface area contributed by atoms with E-state index in [0.29, 0.717) is 18.2 Å². The standard InChI is InChI=1S/C15H12Cl2FN3OS/c16-13-14(23-20-15(13)17)12(7-21-6-5-19-9-21)22-8-10-1-3-11(18)4-2-10/h1-6,9,12H,7-8H2/t12-/m0/s1. The van der Waals surface area contributed by atoms with Crippen molar-refractivity contribution in [2.45, 2.75) is 19.3 Å².